The maximum Gasteiger partial charge on any atom is 0.417 e. The van der Waals surface area contributed by atoms with Gasteiger partial charge in [0.05, 0.1) is 18.2 Å². The van der Waals surface area contributed by atoms with Crippen LogP contribution in [0.2, 0.25) is 0 Å². The lowest BCUT2D eigenvalue weighted by molar-refractivity contribution is -0.137. The first-order chi connectivity index (χ1) is 17.3. The van der Waals surface area contributed by atoms with Crippen LogP contribution in [0.15, 0.2) is 42.6 Å². The fourth-order valence-electron chi connectivity index (χ4n) is 5.37. The summed E-state index contributed by atoms with van der Waals surface area (Å²) in [6, 6.07) is 10.0. The lowest BCUT2D eigenvalue weighted by Crippen LogP contribution is -2.45. The zero-order valence-corrected chi connectivity index (χ0v) is 20.4. The molecule has 2 aliphatic rings. The Morgan fingerprint density at radius 3 is 2.50 bits per heavy atom. The van der Waals surface area contributed by atoms with Gasteiger partial charge in [0.15, 0.2) is 0 Å². The molecule has 1 aromatic carbocycles. The zero-order chi connectivity index (χ0) is 25.7. The molecule has 1 aliphatic carbocycles. The van der Waals surface area contributed by atoms with Gasteiger partial charge in [-0.25, -0.2) is 9.78 Å². The van der Waals surface area contributed by atoms with Crippen molar-refractivity contribution in [1.29, 1.82) is 0 Å². The molecule has 2 atom stereocenters. The summed E-state index contributed by atoms with van der Waals surface area (Å²) in [6.07, 6.45) is 2.42. The lowest BCUT2D eigenvalue weighted by atomic mass is 9.91. The minimum Gasteiger partial charge on any atom is -0.465 e. The SMILES string of the molecule is COC(=O)c1ccccc1CC[C@@H]1CCC[C@@H]1NC(=O)C1CCN(c2ccc(C(F)(F)F)cn2)CC1. The Balaban J connectivity index is 1.27. The number of pyridine rings is 1. The van der Waals surface area contributed by atoms with Crippen LogP contribution < -0.4 is 10.2 Å². The monoisotopic (exact) mass is 503 g/mol. The van der Waals surface area contributed by atoms with E-state index < -0.39 is 11.7 Å². The summed E-state index contributed by atoms with van der Waals surface area (Å²) in [6.45, 7) is 1.16. The number of nitrogens with one attached hydrogen (secondary N) is 1. The van der Waals surface area contributed by atoms with Crippen molar-refractivity contribution in [1.82, 2.24) is 10.3 Å². The summed E-state index contributed by atoms with van der Waals surface area (Å²) in [7, 11) is 1.38. The highest BCUT2D eigenvalue weighted by Crippen LogP contribution is 2.32. The van der Waals surface area contributed by atoms with Crippen molar-refractivity contribution in [3.05, 3.63) is 59.3 Å². The van der Waals surface area contributed by atoms with Crippen LogP contribution >= 0.6 is 0 Å². The lowest BCUT2D eigenvalue weighted by Gasteiger charge is -2.33. The Labute approximate surface area is 209 Å². The summed E-state index contributed by atoms with van der Waals surface area (Å²) < 4.78 is 43.2. The number of anilines is 1. The molecule has 1 saturated carbocycles. The number of carbonyl (C=O) groups excluding carboxylic acids is 2. The number of hydrogen-bond donors (Lipinski definition) is 1. The average Bonchev–Trinajstić information content (AvgIpc) is 3.33. The van der Waals surface area contributed by atoms with E-state index in [1.54, 1.807) is 6.07 Å². The summed E-state index contributed by atoms with van der Waals surface area (Å²) in [5, 5.41) is 3.27. The van der Waals surface area contributed by atoms with Gasteiger partial charge < -0.3 is 15.0 Å². The van der Waals surface area contributed by atoms with Crippen molar-refractivity contribution in [3.63, 3.8) is 0 Å². The molecule has 194 valence electrons. The van der Waals surface area contributed by atoms with Gasteiger partial charge in [0.2, 0.25) is 5.91 Å². The van der Waals surface area contributed by atoms with Crippen LogP contribution in [0.5, 0.6) is 0 Å². The van der Waals surface area contributed by atoms with Gasteiger partial charge in [-0.3, -0.25) is 4.79 Å². The molecule has 6 nitrogen and oxygen atoms in total. The van der Waals surface area contributed by atoms with E-state index in [2.05, 4.69) is 10.3 Å². The normalized spacial score (nSPS) is 20.8. The first kappa shape index (κ1) is 26.0. The zero-order valence-electron chi connectivity index (χ0n) is 20.4. The van der Waals surface area contributed by atoms with Gasteiger partial charge in [-0.1, -0.05) is 24.6 Å². The van der Waals surface area contributed by atoms with Crippen LogP contribution in [-0.2, 0) is 22.1 Å². The number of nitrogens with zero attached hydrogens (tertiary/aromatic N) is 2. The van der Waals surface area contributed by atoms with E-state index in [4.69, 9.17) is 4.74 Å². The second kappa shape index (κ2) is 11.3. The number of piperidine rings is 1. The predicted octanol–water partition coefficient (Wildman–Crippen LogP) is 5.02. The van der Waals surface area contributed by atoms with Crippen molar-refractivity contribution < 1.29 is 27.5 Å². The molecule has 0 bridgehead atoms. The van der Waals surface area contributed by atoms with Crippen molar-refractivity contribution in [2.45, 2.75) is 57.2 Å². The maximum absolute atomic E-state index is 13.0. The third kappa shape index (κ3) is 6.17. The fourth-order valence-corrected chi connectivity index (χ4v) is 5.37. The van der Waals surface area contributed by atoms with E-state index in [-0.39, 0.29) is 23.8 Å². The molecule has 1 aromatic heterocycles. The minimum atomic E-state index is -4.40. The number of alkyl halides is 3. The van der Waals surface area contributed by atoms with Crippen molar-refractivity contribution >= 4 is 17.7 Å². The van der Waals surface area contributed by atoms with E-state index in [1.165, 1.54) is 13.2 Å². The van der Waals surface area contributed by atoms with E-state index in [1.807, 2.05) is 23.1 Å². The Bertz CT molecular complexity index is 1050. The van der Waals surface area contributed by atoms with Gasteiger partial charge in [-0.2, -0.15) is 13.2 Å². The number of esters is 1. The van der Waals surface area contributed by atoms with Gasteiger partial charge in [-0.05, 0) is 68.2 Å². The molecule has 36 heavy (non-hydrogen) atoms. The predicted molar refractivity (Wildman–Crippen MR) is 130 cm³/mol. The summed E-state index contributed by atoms with van der Waals surface area (Å²) >= 11 is 0. The molecular weight excluding hydrogens is 471 g/mol. The number of carbonyl (C=O) groups is 2. The van der Waals surface area contributed by atoms with Crippen LogP contribution in [0.25, 0.3) is 0 Å². The molecule has 0 radical (unpaired) electrons. The van der Waals surface area contributed by atoms with Crippen molar-refractivity contribution in [2.24, 2.45) is 11.8 Å². The molecule has 9 heteroatoms. The Kier molecular flexibility index (Phi) is 8.16. The van der Waals surface area contributed by atoms with E-state index in [0.717, 1.165) is 49.9 Å². The second-order valence-electron chi connectivity index (χ2n) is 9.66. The number of halogens is 3. The van der Waals surface area contributed by atoms with Gasteiger partial charge >= 0.3 is 12.1 Å². The van der Waals surface area contributed by atoms with Crippen molar-refractivity contribution in [3.8, 4) is 0 Å². The third-order valence-electron chi connectivity index (χ3n) is 7.46. The molecule has 0 spiro atoms. The molecule has 1 saturated heterocycles. The molecule has 2 fully saturated rings. The Morgan fingerprint density at radius 2 is 1.83 bits per heavy atom. The number of ether oxygens (including phenoxy) is 1. The van der Waals surface area contributed by atoms with E-state index in [9.17, 15) is 22.8 Å². The number of benzene rings is 1. The summed E-state index contributed by atoms with van der Waals surface area (Å²) in [5.74, 6) is 0.472. The largest absolute Gasteiger partial charge is 0.465 e. The Morgan fingerprint density at radius 1 is 1.08 bits per heavy atom. The average molecular weight is 504 g/mol. The van der Waals surface area contributed by atoms with Crippen LogP contribution in [0, 0.1) is 11.8 Å². The fraction of sp³-hybridized carbons (Fsp3) is 0.519. The van der Waals surface area contributed by atoms with Crippen LogP contribution in [0.1, 0.15) is 60.0 Å². The molecular formula is C27H32F3N3O3. The van der Waals surface area contributed by atoms with Crippen LogP contribution in [0.3, 0.4) is 0 Å². The smallest absolute Gasteiger partial charge is 0.417 e. The molecule has 1 amide bonds. The molecule has 2 heterocycles. The number of aromatic nitrogens is 1. The van der Waals surface area contributed by atoms with Gasteiger partial charge in [-0.15, -0.1) is 0 Å². The molecule has 2 aromatic rings. The minimum absolute atomic E-state index is 0.0573. The number of aryl methyl sites for hydroxylation is 1. The first-order valence-corrected chi connectivity index (χ1v) is 12.5. The van der Waals surface area contributed by atoms with E-state index >= 15 is 0 Å². The van der Waals surface area contributed by atoms with Gasteiger partial charge in [0.25, 0.3) is 0 Å². The maximum atomic E-state index is 13.0. The molecule has 1 N–H and O–H groups in total. The highest BCUT2D eigenvalue weighted by Gasteiger charge is 2.33. The first-order valence-electron chi connectivity index (χ1n) is 12.5. The highest BCUT2D eigenvalue weighted by atomic mass is 19.4. The standard InChI is InChI=1S/C27H32F3N3O3/c1-36-26(35)22-7-3-2-5-18(22)9-10-19-6-4-8-23(19)32-25(34)20-13-15-33(16-14-20)24-12-11-21(17-31-24)27(28,29)30/h2-3,5,7,11-12,17,19-20,23H,4,6,8-10,13-16H2,1H3,(H,32,34)/t19-,23-/m0/s1. The molecule has 1 aliphatic heterocycles. The van der Waals surface area contributed by atoms with Gasteiger partial charge in [0, 0.05) is 31.2 Å². The number of amides is 1. The topological polar surface area (TPSA) is 71.5 Å². The summed E-state index contributed by atoms with van der Waals surface area (Å²) in [4.78, 5) is 31.0. The van der Waals surface area contributed by atoms with Crippen molar-refractivity contribution in [2.75, 3.05) is 25.1 Å². The van der Waals surface area contributed by atoms with Gasteiger partial charge in [0.1, 0.15) is 5.82 Å². The number of methoxy groups -OCH3 is 1. The van der Waals surface area contributed by atoms with Crippen LogP contribution in [0.4, 0.5) is 19.0 Å². The van der Waals surface area contributed by atoms with Crippen LogP contribution in [-0.4, -0.2) is 43.1 Å². The molecule has 4 rings (SSSR count). The number of hydrogen-bond acceptors (Lipinski definition) is 5. The van der Waals surface area contributed by atoms with E-state index in [0.29, 0.717) is 43.2 Å². The third-order valence-corrected chi connectivity index (χ3v) is 7.46. The highest BCUT2D eigenvalue weighted by molar-refractivity contribution is 5.91. The Hall–Kier alpha value is -3.10. The second-order valence-corrected chi connectivity index (χ2v) is 9.66. The summed E-state index contributed by atoms with van der Waals surface area (Å²) in [5.41, 5.74) is 0.791. The quantitative estimate of drug-likeness (QED) is 0.537. The number of rotatable bonds is 7. The molecule has 0 unspecified atom stereocenters.